The zero-order valence-corrected chi connectivity index (χ0v) is 13.7. The largest absolute Gasteiger partial charge is 0.546 e. The molecular weight excluding hydrogens is 340 g/mol. The number of hydrogen-bond acceptors (Lipinski definition) is 6. The molecule has 0 aliphatic carbocycles. The monoisotopic (exact) mass is 351 g/mol. The van der Waals surface area contributed by atoms with E-state index in [0.29, 0.717) is 20.8 Å². The Balaban J connectivity index is 1.86. The second-order valence-corrected chi connectivity index (χ2v) is 6.34. The third kappa shape index (κ3) is 2.74. The Morgan fingerprint density at radius 3 is 2.80 bits per heavy atom. The van der Waals surface area contributed by atoms with Crippen molar-refractivity contribution in [3.63, 3.8) is 0 Å². The van der Waals surface area contributed by atoms with Gasteiger partial charge in [-0.2, -0.15) is 0 Å². The Labute approximate surface area is 145 Å². The molecule has 0 bridgehead atoms. The van der Waals surface area contributed by atoms with Gasteiger partial charge in [0.2, 0.25) is 0 Å². The van der Waals surface area contributed by atoms with Crippen LogP contribution >= 0.6 is 11.3 Å². The Morgan fingerprint density at radius 1 is 1.20 bits per heavy atom. The predicted molar refractivity (Wildman–Crippen MR) is 92.6 cm³/mol. The SMILES string of the molecule is O=C([O-])COc1ccccc1/C=c1\sc2nc3ccccc3n2c1=O. The van der Waals surface area contributed by atoms with Gasteiger partial charge < -0.3 is 14.6 Å². The van der Waals surface area contributed by atoms with E-state index < -0.39 is 12.6 Å². The fraction of sp³-hybridized carbons (Fsp3) is 0.0556. The molecule has 0 radical (unpaired) electrons. The molecule has 6 nitrogen and oxygen atoms in total. The lowest BCUT2D eigenvalue weighted by Crippen LogP contribution is -2.29. The summed E-state index contributed by atoms with van der Waals surface area (Å²) in [6.07, 6.45) is 1.68. The molecular formula is C18H11N2O4S-. The number of ether oxygens (including phenoxy) is 1. The van der Waals surface area contributed by atoms with Gasteiger partial charge in [-0.1, -0.05) is 41.7 Å². The average molecular weight is 351 g/mol. The minimum Gasteiger partial charge on any atom is -0.546 e. The predicted octanol–water partition coefficient (Wildman–Crippen LogP) is 0.586. The molecule has 0 N–H and O–H groups in total. The van der Waals surface area contributed by atoms with Crippen molar-refractivity contribution in [3.05, 3.63) is 69.0 Å². The highest BCUT2D eigenvalue weighted by Gasteiger charge is 2.11. The molecule has 2 aromatic heterocycles. The van der Waals surface area contributed by atoms with Crippen molar-refractivity contribution in [2.24, 2.45) is 0 Å². The molecule has 0 aliphatic heterocycles. The van der Waals surface area contributed by atoms with Crippen LogP contribution in [0.5, 0.6) is 5.75 Å². The first-order valence-corrected chi connectivity index (χ1v) is 8.28. The first-order valence-electron chi connectivity index (χ1n) is 7.47. The Morgan fingerprint density at radius 2 is 1.96 bits per heavy atom. The molecule has 0 aliphatic rings. The van der Waals surface area contributed by atoms with E-state index in [-0.39, 0.29) is 5.56 Å². The van der Waals surface area contributed by atoms with E-state index >= 15 is 0 Å². The smallest absolute Gasteiger partial charge is 0.274 e. The maximum Gasteiger partial charge on any atom is 0.274 e. The molecule has 0 saturated carbocycles. The van der Waals surface area contributed by atoms with Gasteiger partial charge in [-0.25, -0.2) is 9.38 Å². The minimum atomic E-state index is -1.31. The molecule has 0 amide bonds. The molecule has 7 heteroatoms. The van der Waals surface area contributed by atoms with Crippen molar-refractivity contribution in [1.82, 2.24) is 9.38 Å². The molecule has 2 aromatic carbocycles. The molecule has 0 unspecified atom stereocenters. The number of thiazole rings is 1. The molecule has 25 heavy (non-hydrogen) atoms. The van der Waals surface area contributed by atoms with Crippen molar-refractivity contribution in [2.45, 2.75) is 0 Å². The molecule has 0 fully saturated rings. The summed E-state index contributed by atoms with van der Waals surface area (Å²) in [5.41, 5.74) is 1.99. The van der Waals surface area contributed by atoms with Gasteiger partial charge in [-0.15, -0.1) is 0 Å². The summed E-state index contributed by atoms with van der Waals surface area (Å²) in [6.45, 7) is -0.548. The highest BCUT2D eigenvalue weighted by atomic mass is 32.1. The van der Waals surface area contributed by atoms with Crippen LogP contribution in [-0.2, 0) is 4.79 Å². The van der Waals surface area contributed by atoms with Crippen molar-refractivity contribution >= 4 is 39.4 Å². The number of para-hydroxylation sites is 3. The normalized spacial score (nSPS) is 12.1. The van der Waals surface area contributed by atoms with Gasteiger partial charge >= 0.3 is 0 Å². The number of benzene rings is 2. The van der Waals surface area contributed by atoms with E-state index in [2.05, 4.69) is 4.98 Å². The molecule has 4 rings (SSSR count). The second-order valence-electron chi connectivity index (χ2n) is 5.33. The Bertz CT molecular complexity index is 1210. The van der Waals surface area contributed by atoms with E-state index in [1.54, 1.807) is 34.7 Å². The van der Waals surface area contributed by atoms with Crippen LogP contribution in [0.2, 0.25) is 0 Å². The summed E-state index contributed by atoms with van der Waals surface area (Å²) in [7, 11) is 0. The van der Waals surface area contributed by atoms with Crippen molar-refractivity contribution < 1.29 is 14.6 Å². The van der Waals surface area contributed by atoms with Crippen LogP contribution in [0.25, 0.3) is 22.1 Å². The van der Waals surface area contributed by atoms with E-state index in [4.69, 9.17) is 4.74 Å². The molecule has 0 spiro atoms. The number of nitrogens with zero attached hydrogens (tertiary/aromatic N) is 2. The fourth-order valence-corrected chi connectivity index (χ4v) is 3.60. The van der Waals surface area contributed by atoms with Crippen LogP contribution < -0.4 is 19.9 Å². The van der Waals surface area contributed by atoms with Crippen molar-refractivity contribution in [3.8, 4) is 5.75 Å². The van der Waals surface area contributed by atoms with Gasteiger partial charge in [-0.05, 0) is 24.3 Å². The number of aliphatic carboxylic acids is 1. The zero-order valence-electron chi connectivity index (χ0n) is 12.8. The Hall–Kier alpha value is -3.19. The van der Waals surface area contributed by atoms with Crippen LogP contribution in [0.15, 0.2) is 53.3 Å². The maximum absolute atomic E-state index is 12.7. The number of imidazole rings is 1. The minimum absolute atomic E-state index is 0.164. The molecule has 4 aromatic rings. The van der Waals surface area contributed by atoms with Gasteiger partial charge in [0, 0.05) is 5.56 Å². The average Bonchev–Trinajstić information content (AvgIpc) is 3.11. The van der Waals surface area contributed by atoms with Gasteiger partial charge in [0.15, 0.2) is 4.96 Å². The van der Waals surface area contributed by atoms with Crippen molar-refractivity contribution in [2.75, 3.05) is 6.61 Å². The van der Waals surface area contributed by atoms with Crippen LogP contribution in [0.1, 0.15) is 5.56 Å². The summed E-state index contributed by atoms with van der Waals surface area (Å²) < 4.78 is 7.30. The number of carbonyl (C=O) groups is 1. The third-order valence-corrected chi connectivity index (χ3v) is 4.67. The quantitative estimate of drug-likeness (QED) is 0.537. The van der Waals surface area contributed by atoms with Crippen LogP contribution in [0, 0.1) is 0 Å². The number of carboxylic acid groups (broad SMARTS) is 1. The topological polar surface area (TPSA) is 83.7 Å². The first-order chi connectivity index (χ1) is 12.1. The van der Waals surface area contributed by atoms with E-state index in [1.165, 1.54) is 11.3 Å². The number of rotatable bonds is 4. The summed E-state index contributed by atoms with van der Waals surface area (Å²) in [4.78, 5) is 28.4. The number of aromatic nitrogens is 2. The summed E-state index contributed by atoms with van der Waals surface area (Å²) >= 11 is 1.28. The number of carboxylic acids is 1. The lowest BCUT2D eigenvalue weighted by molar-refractivity contribution is -0.307. The van der Waals surface area contributed by atoms with E-state index in [1.807, 2.05) is 24.3 Å². The summed E-state index contributed by atoms with van der Waals surface area (Å²) in [6, 6.07) is 14.4. The third-order valence-electron chi connectivity index (χ3n) is 3.70. The van der Waals surface area contributed by atoms with Gasteiger partial charge in [-0.3, -0.25) is 4.79 Å². The standard InChI is InChI=1S/C18H12N2O4S/c21-16(22)10-24-14-8-4-1-5-11(14)9-15-17(23)20-13-7-3-2-6-12(13)19-18(20)25-15/h1-9H,10H2,(H,21,22)/p-1/b15-9-. The van der Waals surface area contributed by atoms with Gasteiger partial charge in [0.1, 0.15) is 12.4 Å². The lowest BCUT2D eigenvalue weighted by Gasteiger charge is -2.08. The molecule has 124 valence electrons. The number of fused-ring (bicyclic) bond motifs is 3. The lowest BCUT2D eigenvalue weighted by atomic mass is 10.2. The summed E-state index contributed by atoms with van der Waals surface area (Å²) in [5.74, 6) is -0.928. The summed E-state index contributed by atoms with van der Waals surface area (Å²) in [5, 5.41) is 10.6. The molecule has 2 heterocycles. The van der Waals surface area contributed by atoms with Crippen LogP contribution in [0.3, 0.4) is 0 Å². The Kier molecular flexibility index (Phi) is 3.70. The van der Waals surface area contributed by atoms with E-state index in [9.17, 15) is 14.7 Å². The highest BCUT2D eigenvalue weighted by Crippen LogP contribution is 2.19. The van der Waals surface area contributed by atoms with Gasteiger partial charge in [0.05, 0.1) is 21.5 Å². The first kappa shape index (κ1) is 15.3. The van der Waals surface area contributed by atoms with Crippen molar-refractivity contribution in [1.29, 1.82) is 0 Å². The van der Waals surface area contributed by atoms with Crippen LogP contribution in [-0.4, -0.2) is 22.0 Å². The number of carbonyl (C=O) groups excluding carboxylic acids is 1. The molecule has 0 saturated heterocycles. The highest BCUT2D eigenvalue weighted by molar-refractivity contribution is 7.15. The second kappa shape index (κ2) is 6.03. The molecule has 0 atom stereocenters. The van der Waals surface area contributed by atoms with Gasteiger partial charge in [0.25, 0.3) is 5.56 Å². The maximum atomic E-state index is 12.7. The van der Waals surface area contributed by atoms with Crippen LogP contribution in [0.4, 0.5) is 0 Å². The number of hydrogen-bond donors (Lipinski definition) is 0. The van der Waals surface area contributed by atoms with E-state index in [0.717, 1.165) is 11.0 Å². The zero-order chi connectivity index (χ0) is 17.4. The fourth-order valence-electron chi connectivity index (χ4n) is 2.62.